The monoisotopic (exact) mass is 328 g/mol. The van der Waals surface area contributed by atoms with Crippen molar-refractivity contribution < 1.29 is 14.3 Å². The van der Waals surface area contributed by atoms with Gasteiger partial charge in [0.05, 0.1) is 0 Å². The molecule has 1 amide bonds. The van der Waals surface area contributed by atoms with Crippen LogP contribution in [-0.4, -0.2) is 29.2 Å². The van der Waals surface area contributed by atoms with E-state index in [2.05, 4.69) is 27.5 Å². The van der Waals surface area contributed by atoms with Crippen LogP contribution in [0, 0.1) is 0 Å². The van der Waals surface area contributed by atoms with E-state index in [-0.39, 0.29) is 12.7 Å². The van der Waals surface area contributed by atoms with Gasteiger partial charge in [-0.05, 0) is 24.1 Å². The van der Waals surface area contributed by atoms with Gasteiger partial charge in [-0.2, -0.15) is 0 Å². The maximum absolute atomic E-state index is 12.2. The molecule has 0 saturated carbocycles. The van der Waals surface area contributed by atoms with Gasteiger partial charge in [-0.25, -0.2) is 9.97 Å². The molecule has 7 nitrogen and oxygen atoms in total. The van der Waals surface area contributed by atoms with E-state index in [0.29, 0.717) is 23.8 Å². The summed E-state index contributed by atoms with van der Waals surface area (Å²) >= 11 is 0. The highest BCUT2D eigenvalue weighted by Crippen LogP contribution is 2.32. The Morgan fingerprint density at radius 3 is 2.96 bits per heavy atom. The molecular weight excluding hydrogens is 308 g/mol. The topological polar surface area (TPSA) is 85.4 Å². The second kappa shape index (κ2) is 7.63. The van der Waals surface area contributed by atoms with E-state index in [1.807, 2.05) is 18.2 Å². The summed E-state index contributed by atoms with van der Waals surface area (Å²) in [4.78, 5) is 20.4. The number of carbonyl (C=O) groups is 1. The molecule has 0 spiro atoms. The van der Waals surface area contributed by atoms with Crippen LogP contribution >= 0.6 is 0 Å². The molecule has 2 N–H and O–H groups in total. The van der Waals surface area contributed by atoms with Crippen LogP contribution in [0.15, 0.2) is 30.6 Å². The molecule has 1 aliphatic rings. The number of aromatic nitrogens is 2. The van der Waals surface area contributed by atoms with Gasteiger partial charge in [0.1, 0.15) is 17.8 Å². The zero-order chi connectivity index (χ0) is 16.8. The number of hydrogen-bond acceptors (Lipinski definition) is 6. The van der Waals surface area contributed by atoms with Crippen LogP contribution in [0.4, 0.5) is 5.82 Å². The number of carbonyl (C=O) groups excluding carboxylic acids is 1. The normalized spacial score (nSPS) is 12.0. The van der Waals surface area contributed by atoms with Crippen LogP contribution in [0.1, 0.15) is 35.8 Å². The predicted octanol–water partition coefficient (Wildman–Crippen LogP) is 2.35. The maximum Gasteiger partial charge on any atom is 0.270 e. The molecule has 1 aromatic heterocycles. The van der Waals surface area contributed by atoms with Crippen LogP contribution in [0.3, 0.4) is 0 Å². The molecule has 2 heterocycles. The number of anilines is 1. The van der Waals surface area contributed by atoms with Crippen molar-refractivity contribution in [3.63, 3.8) is 0 Å². The van der Waals surface area contributed by atoms with Crippen LogP contribution in [0.2, 0.25) is 0 Å². The molecule has 7 heteroatoms. The zero-order valence-corrected chi connectivity index (χ0v) is 13.5. The summed E-state index contributed by atoms with van der Waals surface area (Å²) in [6.07, 6.45) is 3.54. The van der Waals surface area contributed by atoms with E-state index in [9.17, 15) is 4.79 Å². The number of amides is 1. The van der Waals surface area contributed by atoms with Crippen molar-refractivity contribution in [2.45, 2.75) is 26.3 Å². The summed E-state index contributed by atoms with van der Waals surface area (Å²) in [5, 5.41) is 6.03. The molecule has 1 aliphatic heterocycles. The van der Waals surface area contributed by atoms with Crippen molar-refractivity contribution in [3.8, 4) is 11.5 Å². The first-order valence-corrected chi connectivity index (χ1v) is 7.99. The van der Waals surface area contributed by atoms with E-state index in [0.717, 1.165) is 30.7 Å². The first kappa shape index (κ1) is 16.0. The van der Waals surface area contributed by atoms with Crippen molar-refractivity contribution in [1.82, 2.24) is 15.3 Å². The minimum absolute atomic E-state index is 0.236. The number of rotatable bonds is 7. The number of ether oxygens (including phenoxy) is 2. The summed E-state index contributed by atoms with van der Waals surface area (Å²) in [5.74, 6) is 1.84. The molecule has 0 atom stereocenters. The minimum atomic E-state index is -0.242. The first-order valence-electron chi connectivity index (χ1n) is 7.99. The lowest BCUT2D eigenvalue weighted by Crippen LogP contribution is -2.24. The number of nitrogens with one attached hydrogen (secondary N) is 2. The van der Waals surface area contributed by atoms with E-state index in [4.69, 9.17) is 9.47 Å². The largest absolute Gasteiger partial charge is 0.454 e. The molecule has 0 unspecified atom stereocenters. The van der Waals surface area contributed by atoms with Gasteiger partial charge in [-0.15, -0.1) is 0 Å². The molecule has 0 aliphatic carbocycles. The Balaban J connectivity index is 1.57. The molecule has 0 fully saturated rings. The Hall–Kier alpha value is -2.83. The third-order valence-electron chi connectivity index (χ3n) is 3.63. The molecular formula is C17H20N4O3. The first-order chi connectivity index (χ1) is 11.8. The summed E-state index contributed by atoms with van der Waals surface area (Å²) in [5.41, 5.74) is 1.27. The zero-order valence-electron chi connectivity index (χ0n) is 13.5. The highest BCUT2D eigenvalue weighted by atomic mass is 16.7. The summed E-state index contributed by atoms with van der Waals surface area (Å²) in [6.45, 7) is 3.57. The Morgan fingerprint density at radius 2 is 2.08 bits per heavy atom. The second-order valence-electron chi connectivity index (χ2n) is 5.44. The van der Waals surface area contributed by atoms with E-state index >= 15 is 0 Å². The highest BCUT2D eigenvalue weighted by Gasteiger charge is 2.14. The van der Waals surface area contributed by atoms with Crippen LogP contribution in [-0.2, 0) is 6.54 Å². The lowest BCUT2D eigenvalue weighted by Gasteiger charge is -2.08. The molecule has 3 rings (SSSR count). The Morgan fingerprint density at radius 1 is 1.21 bits per heavy atom. The number of nitrogens with zero attached hydrogens (tertiary/aromatic N) is 2. The fraction of sp³-hybridized carbons (Fsp3) is 0.353. The Bertz CT molecular complexity index is 721. The number of benzene rings is 1. The van der Waals surface area contributed by atoms with Crippen molar-refractivity contribution in [3.05, 3.63) is 41.9 Å². The third kappa shape index (κ3) is 3.92. The fourth-order valence-electron chi connectivity index (χ4n) is 2.30. The average Bonchev–Trinajstić information content (AvgIpc) is 3.08. The van der Waals surface area contributed by atoms with E-state index < -0.39 is 0 Å². The van der Waals surface area contributed by atoms with Gasteiger partial charge in [-0.1, -0.05) is 19.4 Å². The predicted molar refractivity (Wildman–Crippen MR) is 89.2 cm³/mol. The average molecular weight is 328 g/mol. The maximum atomic E-state index is 12.2. The second-order valence-corrected chi connectivity index (χ2v) is 5.44. The molecule has 24 heavy (non-hydrogen) atoms. The van der Waals surface area contributed by atoms with Crippen LogP contribution < -0.4 is 20.1 Å². The van der Waals surface area contributed by atoms with E-state index in [1.54, 1.807) is 6.07 Å². The lowest BCUT2D eigenvalue weighted by molar-refractivity contribution is 0.0945. The van der Waals surface area contributed by atoms with Gasteiger partial charge in [0.2, 0.25) is 6.79 Å². The quantitative estimate of drug-likeness (QED) is 0.759. The fourth-order valence-corrected chi connectivity index (χ4v) is 2.30. The van der Waals surface area contributed by atoms with Crippen molar-refractivity contribution in [1.29, 1.82) is 0 Å². The van der Waals surface area contributed by atoms with Crippen LogP contribution in [0.25, 0.3) is 0 Å². The molecule has 0 saturated heterocycles. The standard InChI is InChI=1S/C17H20N4O3/c1-2-3-6-18-16-8-13(20-10-21-16)17(22)19-9-12-4-5-14-15(7-12)24-11-23-14/h4-5,7-8,10H,2-3,6,9,11H2,1H3,(H,19,22)(H,18,20,21). The van der Waals surface area contributed by atoms with Crippen molar-refractivity contribution in [2.24, 2.45) is 0 Å². The number of fused-ring (bicyclic) bond motifs is 1. The third-order valence-corrected chi connectivity index (χ3v) is 3.63. The van der Waals surface area contributed by atoms with E-state index in [1.165, 1.54) is 6.33 Å². The summed E-state index contributed by atoms with van der Waals surface area (Å²) in [7, 11) is 0. The van der Waals surface area contributed by atoms with Gasteiger partial charge in [0, 0.05) is 19.2 Å². The summed E-state index contributed by atoms with van der Waals surface area (Å²) < 4.78 is 10.6. The molecule has 0 bridgehead atoms. The molecule has 0 radical (unpaired) electrons. The molecule has 2 aromatic rings. The lowest BCUT2D eigenvalue weighted by atomic mass is 10.2. The van der Waals surface area contributed by atoms with Gasteiger partial charge < -0.3 is 20.1 Å². The van der Waals surface area contributed by atoms with Crippen molar-refractivity contribution in [2.75, 3.05) is 18.7 Å². The Kier molecular flexibility index (Phi) is 5.10. The SMILES string of the molecule is CCCCNc1cc(C(=O)NCc2ccc3c(c2)OCO3)ncn1. The molecule has 1 aromatic carbocycles. The highest BCUT2D eigenvalue weighted by molar-refractivity contribution is 5.92. The smallest absolute Gasteiger partial charge is 0.270 e. The van der Waals surface area contributed by atoms with Gasteiger partial charge in [-0.3, -0.25) is 4.79 Å². The van der Waals surface area contributed by atoms with Crippen LogP contribution in [0.5, 0.6) is 11.5 Å². The number of unbranched alkanes of at least 4 members (excludes halogenated alkanes) is 1. The van der Waals surface area contributed by atoms with Gasteiger partial charge in [0.15, 0.2) is 11.5 Å². The van der Waals surface area contributed by atoms with Gasteiger partial charge >= 0.3 is 0 Å². The molecule has 126 valence electrons. The van der Waals surface area contributed by atoms with Crippen molar-refractivity contribution >= 4 is 11.7 Å². The summed E-state index contributed by atoms with van der Waals surface area (Å²) in [6, 6.07) is 7.25. The Labute approximate surface area is 140 Å². The number of hydrogen-bond donors (Lipinski definition) is 2. The minimum Gasteiger partial charge on any atom is -0.454 e. The van der Waals surface area contributed by atoms with Gasteiger partial charge in [0.25, 0.3) is 5.91 Å².